The number of sulfonamides is 1. The zero-order chi connectivity index (χ0) is 17.0. The van der Waals surface area contributed by atoms with Gasteiger partial charge >= 0.3 is 0 Å². The van der Waals surface area contributed by atoms with Crippen LogP contribution in [0.25, 0.3) is 0 Å². The van der Waals surface area contributed by atoms with Crippen LogP contribution in [0.5, 0.6) is 5.75 Å². The quantitative estimate of drug-likeness (QED) is 0.690. The first-order valence-corrected chi connectivity index (χ1v) is 9.17. The molecule has 0 radical (unpaired) electrons. The van der Waals surface area contributed by atoms with Gasteiger partial charge in [-0.25, -0.2) is 8.42 Å². The SMILES string of the molecule is C=CCN(c1ccc(Br)c(C)c1)S(=O)(=O)c1ccc(OC)cc1. The zero-order valence-corrected chi connectivity index (χ0v) is 15.4. The predicted molar refractivity (Wildman–Crippen MR) is 96.6 cm³/mol. The summed E-state index contributed by atoms with van der Waals surface area (Å²) in [6.45, 7) is 5.77. The molecular formula is C17H18BrNO3S. The second-order valence-corrected chi connectivity index (χ2v) is 7.65. The van der Waals surface area contributed by atoms with Crippen LogP contribution in [-0.4, -0.2) is 22.1 Å². The molecule has 0 aliphatic carbocycles. The predicted octanol–water partition coefficient (Wildman–Crippen LogP) is 4.15. The van der Waals surface area contributed by atoms with Gasteiger partial charge in [0.2, 0.25) is 0 Å². The van der Waals surface area contributed by atoms with Crippen LogP contribution in [0.3, 0.4) is 0 Å². The van der Waals surface area contributed by atoms with Crippen LogP contribution in [0.2, 0.25) is 0 Å². The molecule has 0 fully saturated rings. The molecular weight excluding hydrogens is 378 g/mol. The van der Waals surface area contributed by atoms with Crippen molar-refractivity contribution in [2.24, 2.45) is 0 Å². The third kappa shape index (κ3) is 3.76. The van der Waals surface area contributed by atoms with Crippen molar-refractivity contribution in [1.29, 1.82) is 0 Å². The molecule has 122 valence electrons. The minimum absolute atomic E-state index is 0.190. The topological polar surface area (TPSA) is 46.6 Å². The van der Waals surface area contributed by atoms with Crippen molar-refractivity contribution in [2.75, 3.05) is 18.0 Å². The average Bonchev–Trinajstić information content (AvgIpc) is 2.55. The van der Waals surface area contributed by atoms with Gasteiger partial charge in [-0.3, -0.25) is 4.31 Å². The van der Waals surface area contributed by atoms with Gasteiger partial charge in [0.1, 0.15) is 5.75 Å². The Morgan fingerprint density at radius 3 is 2.39 bits per heavy atom. The summed E-state index contributed by atoms with van der Waals surface area (Å²) in [5.74, 6) is 0.610. The van der Waals surface area contributed by atoms with E-state index >= 15 is 0 Å². The number of aryl methyl sites for hydroxylation is 1. The van der Waals surface area contributed by atoms with Crippen LogP contribution in [0.15, 0.2) is 64.5 Å². The van der Waals surface area contributed by atoms with Crippen LogP contribution >= 0.6 is 15.9 Å². The molecule has 0 atom stereocenters. The molecule has 0 N–H and O–H groups in total. The fourth-order valence-corrected chi connectivity index (χ4v) is 3.79. The van der Waals surface area contributed by atoms with Crippen molar-refractivity contribution in [1.82, 2.24) is 0 Å². The highest BCUT2D eigenvalue weighted by atomic mass is 79.9. The lowest BCUT2D eigenvalue weighted by molar-refractivity contribution is 0.414. The number of hydrogen-bond acceptors (Lipinski definition) is 3. The molecule has 0 aliphatic heterocycles. The Kier molecular flexibility index (Phi) is 5.49. The maximum absolute atomic E-state index is 12.9. The van der Waals surface area contributed by atoms with E-state index in [4.69, 9.17) is 4.74 Å². The van der Waals surface area contributed by atoms with Gasteiger partial charge in [-0.15, -0.1) is 6.58 Å². The Hall–Kier alpha value is -1.79. The van der Waals surface area contributed by atoms with E-state index < -0.39 is 10.0 Å². The molecule has 0 amide bonds. The maximum Gasteiger partial charge on any atom is 0.264 e. The highest BCUT2D eigenvalue weighted by Crippen LogP contribution is 2.28. The smallest absolute Gasteiger partial charge is 0.264 e. The summed E-state index contributed by atoms with van der Waals surface area (Å²) in [4.78, 5) is 0.209. The Labute approximate surface area is 145 Å². The number of benzene rings is 2. The van der Waals surface area contributed by atoms with Gasteiger partial charge in [0.25, 0.3) is 10.0 Å². The minimum Gasteiger partial charge on any atom is -0.497 e. The van der Waals surface area contributed by atoms with Gasteiger partial charge in [-0.05, 0) is 55.0 Å². The summed E-state index contributed by atoms with van der Waals surface area (Å²) in [5.41, 5.74) is 1.56. The Morgan fingerprint density at radius 2 is 1.87 bits per heavy atom. The number of nitrogens with zero attached hydrogens (tertiary/aromatic N) is 1. The Bertz CT molecular complexity index is 801. The second-order valence-electron chi connectivity index (χ2n) is 4.93. The van der Waals surface area contributed by atoms with Crippen molar-refractivity contribution in [3.63, 3.8) is 0 Å². The second kappa shape index (κ2) is 7.19. The van der Waals surface area contributed by atoms with Crippen LogP contribution in [0, 0.1) is 6.92 Å². The normalized spacial score (nSPS) is 11.1. The standard InChI is InChI=1S/C17H18BrNO3S/c1-4-11-19(14-5-10-17(18)13(2)12-14)23(20,21)16-8-6-15(22-3)7-9-16/h4-10,12H,1,11H2,2-3H3. The van der Waals surface area contributed by atoms with Gasteiger partial charge in [0, 0.05) is 4.47 Å². The molecule has 4 nitrogen and oxygen atoms in total. The summed E-state index contributed by atoms with van der Waals surface area (Å²) < 4.78 is 33.2. The highest BCUT2D eigenvalue weighted by molar-refractivity contribution is 9.10. The van der Waals surface area contributed by atoms with E-state index in [0.29, 0.717) is 11.4 Å². The summed E-state index contributed by atoms with van der Waals surface area (Å²) in [6.07, 6.45) is 1.57. The summed E-state index contributed by atoms with van der Waals surface area (Å²) in [7, 11) is -2.14. The first-order valence-electron chi connectivity index (χ1n) is 6.94. The number of anilines is 1. The van der Waals surface area contributed by atoms with Gasteiger partial charge < -0.3 is 4.74 Å². The number of halogens is 1. The zero-order valence-electron chi connectivity index (χ0n) is 13.0. The minimum atomic E-state index is -3.68. The third-order valence-corrected chi connectivity index (χ3v) is 6.07. The van der Waals surface area contributed by atoms with Crippen molar-refractivity contribution in [2.45, 2.75) is 11.8 Å². The monoisotopic (exact) mass is 395 g/mol. The lowest BCUT2D eigenvalue weighted by Crippen LogP contribution is -2.31. The molecule has 0 aromatic heterocycles. The van der Waals surface area contributed by atoms with Crippen molar-refractivity contribution >= 4 is 31.6 Å². The van der Waals surface area contributed by atoms with E-state index in [1.54, 1.807) is 24.3 Å². The molecule has 6 heteroatoms. The Balaban J connectivity index is 2.49. The molecule has 2 aromatic carbocycles. The van der Waals surface area contributed by atoms with E-state index in [1.807, 2.05) is 19.1 Å². The molecule has 0 unspecified atom stereocenters. The lowest BCUT2D eigenvalue weighted by atomic mass is 10.2. The first kappa shape index (κ1) is 17.6. The van der Waals surface area contributed by atoms with Crippen LogP contribution in [-0.2, 0) is 10.0 Å². The Morgan fingerprint density at radius 1 is 1.22 bits per heavy atom. The fourth-order valence-electron chi connectivity index (χ4n) is 2.12. The molecule has 2 rings (SSSR count). The van der Waals surface area contributed by atoms with Gasteiger partial charge in [-0.1, -0.05) is 22.0 Å². The maximum atomic E-state index is 12.9. The van der Waals surface area contributed by atoms with Gasteiger partial charge in [-0.2, -0.15) is 0 Å². The van der Waals surface area contributed by atoms with Crippen LogP contribution in [0.4, 0.5) is 5.69 Å². The van der Waals surface area contributed by atoms with Crippen LogP contribution < -0.4 is 9.04 Å². The number of hydrogen-bond donors (Lipinski definition) is 0. The van der Waals surface area contributed by atoms with E-state index in [9.17, 15) is 8.42 Å². The average molecular weight is 396 g/mol. The van der Waals surface area contributed by atoms with E-state index in [2.05, 4.69) is 22.5 Å². The van der Waals surface area contributed by atoms with E-state index in [1.165, 1.54) is 23.5 Å². The van der Waals surface area contributed by atoms with Crippen molar-refractivity contribution in [3.05, 3.63) is 65.2 Å². The van der Waals surface area contributed by atoms with Crippen molar-refractivity contribution < 1.29 is 13.2 Å². The molecule has 0 aliphatic rings. The molecule has 2 aromatic rings. The third-order valence-electron chi connectivity index (χ3n) is 3.37. The number of rotatable bonds is 6. The molecule has 0 saturated carbocycles. The van der Waals surface area contributed by atoms with E-state index in [0.717, 1.165) is 10.0 Å². The summed E-state index contributed by atoms with van der Waals surface area (Å²) >= 11 is 3.43. The molecule has 0 spiro atoms. The number of ether oxygens (including phenoxy) is 1. The molecule has 0 heterocycles. The van der Waals surface area contributed by atoms with E-state index in [-0.39, 0.29) is 11.4 Å². The van der Waals surface area contributed by atoms with Crippen LogP contribution in [0.1, 0.15) is 5.56 Å². The first-order chi connectivity index (χ1) is 10.9. The molecule has 0 bridgehead atoms. The fraction of sp³-hybridized carbons (Fsp3) is 0.176. The summed E-state index contributed by atoms with van der Waals surface area (Å²) in [6, 6.07) is 11.8. The largest absolute Gasteiger partial charge is 0.497 e. The van der Waals surface area contributed by atoms with Gasteiger partial charge in [0.05, 0.1) is 24.2 Å². The summed E-state index contributed by atoms with van der Waals surface area (Å²) in [5, 5.41) is 0. The molecule has 23 heavy (non-hydrogen) atoms. The molecule has 0 saturated heterocycles. The van der Waals surface area contributed by atoms with Crippen molar-refractivity contribution in [3.8, 4) is 5.75 Å². The number of methoxy groups -OCH3 is 1. The highest BCUT2D eigenvalue weighted by Gasteiger charge is 2.24. The lowest BCUT2D eigenvalue weighted by Gasteiger charge is -2.24. The van der Waals surface area contributed by atoms with Gasteiger partial charge in [0.15, 0.2) is 0 Å².